The zero-order valence-electron chi connectivity index (χ0n) is 41.6. The number of anilines is 2. The van der Waals surface area contributed by atoms with Crippen LogP contribution in [0.5, 0.6) is 11.5 Å². The minimum absolute atomic E-state index is 0.00396. The summed E-state index contributed by atoms with van der Waals surface area (Å²) in [7, 11) is -24.9. The Labute approximate surface area is 465 Å². The van der Waals surface area contributed by atoms with Gasteiger partial charge >= 0.3 is 0 Å². The number of benzene rings is 9. The van der Waals surface area contributed by atoms with Gasteiger partial charge < -0.3 is 15.2 Å². The number of ether oxygens (including phenoxy) is 1. The Morgan fingerprint density at radius 2 is 1.13 bits per heavy atom. The maximum absolute atomic E-state index is 12.9. The Bertz CT molecular complexity index is 5020. The van der Waals surface area contributed by atoms with Crippen molar-refractivity contribution >= 4 is 140 Å². The fourth-order valence-corrected chi connectivity index (χ4v) is 12.0. The summed E-state index contributed by atoms with van der Waals surface area (Å²) in [4.78, 5) is -2.45. The molecule has 0 aliphatic heterocycles. The van der Waals surface area contributed by atoms with Crippen LogP contribution in [0, 0.1) is 0 Å². The molecule has 0 fully saturated rings. The molecule has 0 unspecified atom stereocenters. The summed E-state index contributed by atoms with van der Waals surface area (Å²) < 4.78 is 183. The molecule has 418 valence electrons. The summed E-state index contributed by atoms with van der Waals surface area (Å²) in [5.41, 5.74) is -0.391. The molecule has 0 atom stereocenters. The van der Waals surface area contributed by atoms with E-state index in [0.717, 1.165) is 59.4 Å². The predicted molar refractivity (Wildman–Crippen MR) is 300 cm³/mol. The van der Waals surface area contributed by atoms with Gasteiger partial charge in [0, 0.05) is 44.4 Å². The maximum atomic E-state index is 12.9. The minimum atomic E-state index is -5.12. The number of aromatic hydroxyl groups is 1. The smallest absolute Gasteiger partial charge is 0.296 e. The molecule has 10 rings (SSSR count). The molecular weight excluding hydrogens is 1170 g/mol. The van der Waals surface area contributed by atoms with Crippen LogP contribution in [0.2, 0.25) is 0 Å². The van der Waals surface area contributed by atoms with E-state index in [1.807, 2.05) is 6.07 Å². The van der Waals surface area contributed by atoms with Gasteiger partial charge in [0.15, 0.2) is 5.75 Å². The Kier molecular flexibility index (Phi) is 14.5. The third kappa shape index (κ3) is 11.5. The Morgan fingerprint density at radius 1 is 0.512 bits per heavy atom. The molecule has 9 aromatic carbocycles. The summed E-state index contributed by atoms with van der Waals surface area (Å²) in [6, 6.07) is 33.1. The molecule has 1 aromatic heterocycles. The van der Waals surface area contributed by atoms with Gasteiger partial charge in [-0.2, -0.15) is 52.0 Å². The van der Waals surface area contributed by atoms with E-state index < -0.39 is 86.5 Å². The Balaban J connectivity index is 1.01. The Morgan fingerprint density at radius 3 is 1.79 bits per heavy atom. The maximum Gasteiger partial charge on any atom is 0.296 e. The zero-order valence-corrected chi connectivity index (χ0v) is 45.6. The van der Waals surface area contributed by atoms with Crippen LogP contribution in [0.1, 0.15) is 18.1 Å². The van der Waals surface area contributed by atoms with Gasteiger partial charge in [0.1, 0.15) is 47.7 Å². The first-order valence-electron chi connectivity index (χ1n) is 23.5. The summed E-state index contributed by atoms with van der Waals surface area (Å²) >= 11 is 0. The van der Waals surface area contributed by atoms with Crippen LogP contribution in [-0.2, 0) is 50.6 Å². The molecule has 10 aromatic rings. The third-order valence-electron chi connectivity index (χ3n) is 12.4. The number of nitrogens with one attached hydrogen (secondary N) is 1. The van der Waals surface area contributed by atoms with Crippen molar-refractivity contribution in [1.82, 2.24) is 15.0 Å². The zero-order chi connectivity index (χ0) is 58.7. The van der Waals surface area contributed by atoms with Gasteiger partial charge in [0.2, 0.25) is 0 Å². The number of aromatic nitrogens is 3. The van der Waals surface area contributed by atoms with Gasteiger partial charge in [-0.05, 0) is 102 Å². The molecule has 30 heteroatoms. The summed E-state index contributed by atoms with van der Waals surface area (Å²) in [5, 5.41) is 40.6. The lowest BCUT2D eigenvalue weighted by atomic mass is 10.1. The number of rotatable bonds is 16. The standard InChI is InChI=1S/C52H38N8O17S5/c1-2-77-44-27-42(41-26-36(78(62,63)64)19-21-40(41)50(44)56-57-51-48(82(74,75)76)23-31-22-33(17-20-37(31)52(51)61)53-32-8-4-3-5-9-32)55-54-34-16-14-29(45(24-34)79(65,66)67)12-13-30-15-18-35(25-46(30)80(68,69)70)60-58-43-28-47(81(71,72)73)38-10-6-7-11-39(38)49(43)59-60/h3-28,53,61H,2H2,1H3,(H,62,63,64)(H,65,66,67)(H,68,69,70)(H,71,72,73)(H,74,75,76)/b13-12+,55-54?,57-56?. The molecule has 0 saturated carbocycles. The van der Waals surface area contributed by atoms with Crippen LogP contribution in [0.25, 0.3) is 61.2 Å². The molecule has 0 bridgehead atoms. The summed E-state index contributed by atoms with van der Waals surface area (Å²) in [6.45, 7) is 1.54. The topological polar surface area (TPSA) is 393 Å². The van der Waals surface area contributed by atoms with E-state index in [2.05, 4.69) is 36.0 Å². The number of hydrogen-bond acceptors (Lipinski definition) is 19. The fraction of sp³-hybridized carbons (Fsp3) is 0.0385. The quantitative estimate of drug-likeness (QED) is 0.0268. The van der Waals surface area contributed by atoms with E-state index in [-0.39, 0.29) is 84.2 Å². The van der Waals surface area contributed by atoms with E-state index in [1.165, 1.54) is 54.6 Å². The molecule has 0 amide bonds. The van der Waals surface area contributed by atoms with E-state index >= 15 is 0 Å². The Hall–Kier alpha value is -8.95. The average molecular weight is 1210 g/mol. The highest BCUT2D eigenvalue weighted by molar-refractivity contribution is 7.87. The van der Waals surface area contributed by atoms with Gasteiger partial charge in [-0.1, -0.05) is 72.8 Å². The first kappa shape index (κ1) is 56.3. The van der Waals surface area contributed by atoms with Gasteiger partial charge in [0.05, 0.1) is 28.6 Å². The molecule has 0 aliphatic rings. The van der Waals surface area contributed by atoms with Crippen LogP contribution in [0.3, 0.4) is 0 Å². The van der Waals surface area contributed by atoms with Crippen molar-refractivity contribution in [2.24, 2.45) is 20.5 Å². The van der Waals surface area contributed by atoms with Crippen molar-refractivity contribution in [2.75, 3.05) is 11.9 Å². The largest absolute Gasteiger partial charge is 0.505 e. The minimum Gasteiger partial charge on any atom is -0.505 e. The number of phenols is 1. The van der Waals surface area contributed by atoms with Crippen molar-refractivity contribution in [2.45, 2.75) is 31.4 Å². The van der Waals surface area contributed by atoms with Crippen molar-refractivity contribution in [1.29, 1.82) is 0 Å². The van der Waals surface area contributed by atoms with Crippen LogP contribution >= 0.6 is 0 Å². The SMILES string of the molecule is CCOc1cc(N=Nc2ccc(/C=C/c3ccc(-n4nc5cc(S(=O)(=O)O)c6ccccc6c5n4)cc3S(=O)(=O)O)c(S(=O)(=O)O)c2)c2cc(S(=O)(=O)O)ccc2c1N=Nc1c(S(=O)(=O)O)cc2cc(Nc3ccccc3)ccc2c1O. The predicted octanol–water partition coefficient (Wildman–Crippen LogP) is 11.0. The molecule has 7 N–H and O–H groups in total. The second kappa shape index (κ2) is 21.2. The highest BCUT2D eigenvalue weighted by Crippen LogP contribution is 2.47. The number of nitrogens with zero attached hydrogens (tertiary/aromatic N) is 7. The molecule has 25 nitrogen and oxygen atoms in total. The van der Waals surface area contributed by atoms with Gasteiger partial charge in [0.25, 0.3) is 50.6 Å². The lowest BCUT2D eigenvalue weighted by Gasteiger charge is -2.13. The van der Waals surface area contributed by atoms with Crippen molar-refractivity contribution < 1.29 is 74.7 Å². The number of para-hydroxylation sites is 1. The molecule has 0 aliphatic carbocycles. The molecular formula is C52H38N8O17S5. The van der Waals surface area contributed by atoms with Crippen molar-refractivity contribution in [3.05, 3.63) is 157 Å². The monoisotopic (exact) mass is 1210 g/mol. The lowest BCUT2D eigenvalue weighted by Crippen LogP contribution is -2.05. The second-order valence-corrected chi connectivity index (χ2v) is 24.7. The highest BCUT2D eigenvalue weighted by atomic mass is 32.2. The van der Waals surface area contributed by atoms with Crippen LogP contribution in [0.4, 0.5) is 34.1 Å². The van der Waals surface area contributed by atoms with Crippen molar-refractivity contribution in [3.8, 4) is 17.2 Å². The van der Waals surface area contributed by atoms with Gasteiger partial charge in [-0.25, -0.2) is 0 Å². The molecule has 0 saturated heterocycles. The molecule has 1 heterocycles. The average Bonchev–Trinajstić information content (AvgIpc) is 3.58. The lowest BCUT2D eigenvalue weighted by molar-refractivity contribution is 0.342. The van der Waals surface area contributed by atoms with Crippen molar-refractivity contribution in [3.63, 3.8) is 0 Å². The van der Waals surface area contributed by atoms with Crippen LogP contribution in [0.15, 0.2) is 191 Å². The fourth-order valence-electron chi connectivity index (χ4n) is 8.76. The molecule has 0 spiro atoms. The van der Waals surface area contributed by atoms with Crippen LogP contribution in [-0.4, -0.2) is 91.6 Å². The van der Waals surface area contributed by atoms with Gasteiger partial charge in [-0.15, -0.1) is 25.5 Å². The third-order valence-corrected chi connectivity index (χ3v) is 16.8. The molecule has 0 radical (unpaired) electrons. The number of hydrogen-bond donors (Lipinski definition) is 7. The number of phenolic OH excluding ortho intramolecular Hbond substituents is 1. The second-order valence-electron chi connectivity index (χ2n) is 17.7. The van der Waals surface area contributed by atoms with E-state index in [1.54, 1.807) is 49.4 Å². The van der Waals surface area contributed by atoms with E-state index in [9.17, 15) is 70.0 Å². The summed E-state index contributed by atoms with van der Waals surface area (Å²) in [5.74, 6) is -0.827. The molecule has 82 heavy (non-hydrogen) atoms. The van der Waals surface area contributed by atoms with Crippen LogP contribution < -0.4 is 10.1 Å². The van der Waals surface area contributed by atoms with Gasteiger partial charge in [-0.3, -0.25) is 22.8 Å². The number of fused-ring (bicyclic) bond motifs is 5. The van der Waals surface area contributed by atoms with E-state index in [0.29, 0.717) is 16.8 Å². The van der Waals surface area contributed by atoms with E-state index in [4.69, 9.17) is 4.74 Å². The normalized spacial score (nSPS) is 13.0. The first-order valence-corrected chi connectivity index (χ1v) is 30.7. The first-order chi connectivity index (χ1) is 38.6. The highest BCUT2D eigenvalue weighted by Gasteiger charge is 2.26. The number of azo groups is 2. The summed E-state index contributed by atoms with van der Waals surface area (Å²) in [6.07, 6.45) is 2.20.